The Kier molecular flexibility index (Phi) is 7.33. The topological polar surface area (TPSA) is 96.3 Å². The lowest BCUT2D eigenvalue weighted by Gasteiger charge is -2.43. The zero-order valence-electron chi connectivity index (χ0n) is 21.2. The second-order valence-corrected chi connectivity index (χ2v) is 10.2. The average molecular weight is 501 g/mol. The van der Waals surface area contributed by atoms with Crippen LogP contribution in [0.25, 0.3) is 11.6 Å². The van der Waals surface area contributed by atoms with Crippen molar-refractivity contribution in [2.24, 2.45) is 17.8 Å². The van der Waals surface area contributed by atoms with Gasteiger partial charge in [-0.15, -0.1) is 0 Å². The number of aromatic hydroxyl groups is 1. The Morgan fingerprint density at radius 2 is 1.92 bits per heavy atom. The molecule has 1 aliphatic carbocycles. The number of likely N-dealkylation sites (tertiary alicyclic amines) is 1. The zero-order chi connectivity index (χ0) is 26.1. The van der Waals surface area contributed by atoms with Gasteiger partial charge in [0.15, 0.2) is 0 Å². The Morgan fingerprint density at radius 1 is 1.14 bits per heavy atom. The van der Waals surface area contributed by atoms with E-state index in [1.807, 2.05) is 42.5 Å². The van der Waals surface area contributed by atoms with Gasteiger partial charge in [-0.1, -0.05) is 48.5 Å². The molecule has 192 valence electrons. The van der Waals surface area contributed by atoms with Crippen LogP contribution in [0.15, 0.2) is 65.7 Å². The molecule has 7 nitrogen and oxygen atoms in total. The van der Waals surface area contributed by atoms with Crippen LogP contribution in [0, 0.1) is 17.8 Å². The summed E-state index contributed by atoms with van der Waals surface area (Å²) >= 11 is 0. The fraction of sp³-hybridized carbons (Fsp3) is 0.379. The van der Waals surface area contributed by atoms with E-state index < -0.39 is 25.1 Å². The Morgan fingerprint density at radius 3 is 2.65 bits per heavy atom. The van der Waals surface area contributed by atoms with Crippen LogP contribution in [0.5, 0.6) is 5.75 Å². The highest BCUT2D eigenvalue weighted by molar-refractivity contribution is 6.43. The molecule has 3 aliphatic rings. The van der Waals surface area contributed by atoms with Gasteiger partial charge in [-0.25, -0.2) is 0 Å². The van der Waals surface area contributed by atoms with Gasteiger partial charge in [0.25, 0.3) is 0 Å². The van der Waals surface area contributed by atoms with E-state index in [9.17, 15) is 19.7 Å². The van der Waals surface area contributed by atoms with Gasteiger partial charge in [0.1, 0.15) is 5.75 Å². The van der Waals surface area contributed by atoms with Crippen molar-refractivity contribution < 1.29 is 29.1 Å². The normalized spacial score (nSPS) is 26.0. The van der Waals surface area contributed by atoms with Gasteiger partial charge in [-0.05, 0) is 71.5 Å². The fourth-order valence-corrected chi connectivity index (χ4v) is 6.28. The van der Waals surface area contributed by atoms with Gasteiger partial charge in [0, 0.05) is 14.2 Å². The number of phenolic OH excluding ortho intramolecular Hbond substituents is 1. The summed E-state index contributed by atoms with van der Waals surface area (Å²) in [6.45, 7) is 0.362. The van der Waals surface area contributed by atoms with Gasteiger partial charge in [0.2, 0.25) is 11.8 Å². The minimum Gasteiger partial charge on any atom is -0.508 e. The Labute approximate surface area is 217 Å². The number of amides is 2. The Balaban J connectivity index is 1.48. The van der Waals surface area contributed by atoms with E-state index in [1.165, 1.54) is 4.90 Å². The van der Waals surface area contributed by atoms with Crippen molar-refractivity contribution in [2.45, 2.75) is 31.7 Å². The maximum atomic E-state index is 13.1. The quantitative estimate of drug-likeness (QED) is 0.260. The van der Waals surface area contributed by atoms with Gasteiger partial charge in [-0.2, -0.15) is 0 Å². The van der Waals surface area contributed by atoms with Crippen LogP contribution in [-0.4, -0.2) is 60.8 Å². The summed E-state index contributed by atoms with van der Waals surface area (Å²) in [6, 6.07) is 17.2. The first kappa shape index (κ1) is 25.5. The summed E-state index contributed by atoms with van der Waals surface area (Å²) in [5, 5.41) is 20.6. The third-order valence-electron chi connectivity index (χ3n) is 7.88. The molecule has 0 saturated carbocycles. The van der Waals surface area contributed by atoms with Gasteiger partial charge >= 0.3 is 7.12 Å². The number of methoxy groups -OCH3 is 1. The molecule has 0 aromatic heterocycles. The number of fused-ring (bicyclic) bond motifs is 3. The second kappa shape index (κ2) is 10.7. The van der Waals surface area contributed by atoms with E-state index in [0.29, 0.717) is 25.9 Å². The molecule has 2 heterocycles. The first-order valence-electron chi connectivity index (χ1n) is 12.8. The predicted molar refractivity (Wildman–Crippen MR) is 141 cm³/mol. The van der Waals surface area contributed by atoms with Crippen molar-refractivity contribution in [3.8, 4) is 5.75 Å². The van der Waals surface area contributed by atoms with E-state index in [2.05, 4.69) is 6.08 Å². The highest BCUT2D eigenvalue weighted by Gasteiger charge is 2.56. The first-order valence-corrected chi connectivity index (χ1v) is 12.8. The number of phenols is 1. The SMILES string of the molecule is COCC1=C2[C@@H](CC/C(=C/c3cccc(O)c3)c3ccccc3)OB(O)C[C@@H]2[C@@H]2C(=O)N(C)C(=O)[C@@H]2C1. The molecule has 0 radical (unpaired) electrons. The lowest BCUT2D eigenvalue weighted by atomic mass is 9.58. The van der Waals surface area contributed by atoms with Crippen molar-refractivity contribution in [1.29, 1.82) is 0 Å². The maximum absolute atomic E-state index is 13.1. The van der Waals surface area contributed by atoms with Gasteiger partial charge in [-0.3, -0.25) is 14.5 Å². The summed E-state index contributed by atoms with van der Waals surface area (Å²) in [6.07, 6.45) is 3.66. The molecule has 2 N–H and O–H groups in total. The number of ether oxygens (including phenoxy) is 1. The van der Waals surface area contributed by atoms with E-state index in [-0.39, 0.29) is 29.8 Å². The second-order valence-electron chi connectivity index (χ2n) is 10.2. The molecule has 8 heteroatoms. The summed E-state index contributed by atoms with van der Waals surface area (Å²) in [5.74, 6) is -1.25. The molecule has 2 aromatic rings. The van der Waals surface area contributed by atoms with Crippen LogP contribution in [0.3, 0.4) is 0 Å². The van der Waals surface area contributed by atoms with Crippen LogP contribution in [0.1, 0.15) is 30.4 Å². The Bertz CT molecular complexity index is 1240. The molecular weight excluding hydrogens is 469 g/mol. The van der Waals surface area contributed by atoms with E-state index in [0.717, 1.165) is 27.8 Å². The number of rotatable bonds is 7. The van der Waals surface area contributed by atoms with Crippen molar-refractivity contribution >= 4 is 30.6 Å². The average Bonchev–Trinajstić information content (AvgIpc) is 3.10. The zero-order valence-corrected chi connectivity index (χ0v) is 21.2. The molecule has 0 bridgehead atoms. The molecule has 2 aromatic carbocycles. The van der Waals surface area contributed by atoms with E-state index >= 15 is 0 Å². The summed E-state index contributed by atoms with van der Waals surface area (Å²) in [7, 11) is 2.16. The number of imide groups is 1. The highest BCUT2D eigenvalue weighted by Crippen LogP contribution is 2.50. The first-order chi connectivity index (χ1) is 17.9. The van der Waals surface area contributed by atoms with Crippen molar-refractivity contribution in [2.75, 3.05) is 20.8 Å². The highest BCUT2D eigenvalue weighted by atomic mass is 16.5. The molecule has 0 unspecified atom stereocenters. The largest absolute Gasteiger partial charge is 0.508 e. The van der Waals surface area contributed by atoms with Crippen molar-refractivity contribution in [1.82, 2.24) is 4.90 Å². The van der Waals surface area contributed by atoms with Crippen LogP contribution in [0.2, 0.25) is 6.32 Å². The fourth-order valence-electron chi connectivity index (χ4n) is 6.28. The van der Waals surface area contributed by atoms with Crippen LogP contribution in [-0.2, 0) is 19.0 Å². The summed E-state index contributed by atoms with van der Waals surface area (Å²) in [5.41, 5.74) is 5.03. The minimum absolute atomic E-state index is 0.152. The Hall–Kier alpha value is -3.20. The number of nitrogens with zero attached hydrogens (tertiary/aromatic N) is 1. The summed E-state index contributed by atoms with van der Waals surface area (Å²) in [4.78, 5) is 27.1. The van der Waals surface area contributed by atoms with E-state index in [1.54, 1.807) is 26.3 Å². The predicted octanol–water partition coefficient (Wildman–Crippen LogP) is 3.79. The number of hydrogen-bond acceptors (Lipinski definition) is 6. The summed E-state index contributed by atoms with van der Waals surface area (Å²) < 4.78 is 11.6. The number of benzene rings is 2. The van der Waals surface area contributed by atoms with Gasteiger partial charge < -0.3 is 19.5 Å². The molecule has 2 amide bonds. The molecule has 2 saturated heterocycles. The van der Waals surface area contributed by atoms with Gasteiger partial charge in [0.05, 0.1) is 24.5 Å². The molecular formula is C29H32BNO6. The van der Waals surface area contributed by atoms with Crippen LogP contribution >= 0.6 is 0 Å². The lowest BCUT2D eigenvalue weighted by Crippen LogP contribution is -2.46. The molecule has 0 spiro atoms. The lowest BCUT2D eigenvalue weighted by molar-refractivity contribution is -0.138. The number of allylic oxidation sites excluding steroid dienone is 1. The molecule has 2 aliphatic heterocycles. The molecule has 2 fully saturated rings. The van der Waals surface area contributed by atoms with Crippen molar-refractivity contribution in [3.05, 3.63) is 76.9 Å². The number of carbonyl (C=O) groups excluding carboxylic acids is 2. The minimum atomic E-state index is -1.01. The van der Waals surface area contributed by atoms with E-state index in [4.69, 9.17) is 9.39 Å². The third-order valence-corrected chi connectivity index (χ3v) is 7.88. The number of carbonyl (C=O) groups is 2. The third kappa shape index (κ3) is 5.01. The molecule has 4 atom stereocenters. The standard InChI is InChI=1S/C29H32BNO6/c1-31-28(33)23-15-21(17-36-2)26-24(27(23)29(31)34)16-30(35)37-25(26)12-11-20(19-8-4-3-5-9-19)13-18-7-6-10-22(32)14-18/h3-10,13-14,23-25,27,32,35H,11-12,15-17H2,1-2H3/b20-13-/t23-,24+,25-,27-/m1/s1. The monoisotopic (exact) mass is 501 g/mol. The smallest absolute Gasteiger partial charge is 0.455 e. The van der Waals surface area contributed by atoms with Crippen molar-refractivity contribution in [3.63, 3.8) is 0 Å². The van der Waals surface area contributed by atoms with Crippen LogP contribution < -0.4 is 0 Å². The molecule has 5 rings (SSSR count). The maximum Gasteiger partial charge on any atom is 0.455 e. The molecule has 37 heavy (non-hydrogen) atoms. The number of hydrogen-bond donors (Lipinski definition) is 2. The van der Waals surface area contributed by atoms with Crippen LogP contribution in [0.4, 0.5) is 0 Å².